The van der Waals surface area contributed by atoms with Crippen molar-refractivity contribution in [3.63, 3.8) is 0 Å². The summed E-state index contributed by atoms with van der Waals surface area (Å²) in [4.78, 5) is 11.5. The molecule has 3 heteroatoms. The van der Waals surface area contributed by atoms with E-state index in [1.54, 1.807) is 31.2 Å². The normalized spacial score (nSPS) is 11.4. The van der Waals surface area contributed by atoms with Crippen molar-refractivity contribution in [3.05, 3.63) is 35.9 Å². The number of Topliss-reactive ketones (excluding diaryl/α,β-unsaturated/α-hetero) is 1. The average Bonchev–Trinajstić information content (AvgIpc) is 2.19. The molecule has 0 amide bonds. The lowest BCUT2D eigenvalue weighted by Gasteiger charge is -2.18. The Kier molecular flexibility index (Phi) is 3.38. The van der Waals surface area contributed by atoms with Gasteiger partial charge in [0.2, 0.25) is 0 Å². The molecular formula is C11H14O3. The lowest BCUT2D eigenvalue weighted by molar-refractivity contribution is -0.158. The summed E-state index contributed by atoms with van der Waals surface area (Å²) in [5.41, 5.74) is 0.508. The highest BCUT2D eigenvalue weighted by Gasteiger charge is 2.24. The van der Waals surface area contributed by atoms with Crippen LogP contribution in [0.4, 0.5) is 0 Å². The molecule has 0 spiro atoms. The number of carbonyl (C=O) groups excluding carboxylic acids is 1. The van der Waals surface area contributed by atoms with Crippen molar-refractivity contribution in [1.82, 2.24) is 0 Å². The van der Waals surface area contributed by atoms with Crippen LogP contribution in [0.2, 0.25) is 0 Å². The van der Waals surface area contributed by atoms with Crippen molar-refractivity contribution in [2.24, 2.45) is 0 Å². The zero-order valence-corrected chi connectivity index (χ0v) is 8.10. The van der Waals surface area contributed by atoms with E-state index in [2.05, 4.69) is 0 Å². The van der Waals surface area contributed by atoms with Gasteiger partial charge in [-0.25, -0.2) is 0 Å². The summed E-state index contributed by atoms with van der Waals surface area (Å²) in [7, 11) is 0. The standard InChI is InChI=1S/C11H14O3/c1-2-11(13,14)8-10(12)9-6-4-3-5-7-9/h3-7,13-14H,2,8H2,1H3. The Labute approximate surface area is 83.0 Å². The molecule has 0 bridgehead atoms. The van der Waals surface area contributed by atoms with Crippen LogP contribution in [0.3, 0.4) is 0 Å². The van der Waals surface area contributed by atoms with Crippen molar-refractivity contribution in [2.45, 2.75) is 25.6 Å². The van der Waals surface area contributed by atoms with E-state index >= 15 is 0 Å². The monoisotopic (exact) mass is 194 g/mol. The molecule has 2 N–H and O–H groups in total. The Morgan fingerprint density at radius 3 is 2.36 bits per heavy atom. The van der Waals surface area contributed by atoms with Crippen LogP contribution in [0.15, 0.2) is 30.3 Å². The highest BCUT2D eigenvalue weighted by atomic mass is 16.5. The van der Waals surface area contributed by atoms with E-state index in [9.17, 15) is 15.0 Å². The average molecular weight is 194 g/mol. The van der Waals surface area contributed by atoms with Gasteiger partial charge in [0.05, 0.1) is 6.42 Å². The molecule has 3 nitrogen and oxygen atoms in total. The van der Waals surface area contributed by atoms with Gasteiger partial charge < -0.3 is 10.2 Å². The Balaban J connectivity index is 2.69. The van der Waals surface area contributed by atoms with Gasteiger partial charge in [0.15, 0.2) is 11.6 Å². The summed E-state index contributed by atoms with van der Waals surface area (Å²) in [6.45, 7) is 1.62. The fraction of sp³-hybridized carbons (Fsp3) is 0.364. The molecule has 0 aliphatic carbocycles. The van der Waals surface area contributed by atoms with Crippen LogP contribution in [-0.4, -0.2) is 21.8 Å². The predicted molar refractivity (Wildman–Crippen MR) is 52.8 cm³/mol. The summed E-state index contributed by atoms with van der Waals surface area (Å²) in [5.74, 6) is -2.13. The second-order valence-corrected chi connectivity index (χ2v) is 3.30. The fourth-order valence-electron chi connectivity index (χ4n) is 1.11. The van der Waals surface area contributed by atoms with Crippen LogP contribution in [0.25, 0.3) is 0 Å². The summed E-state index contributed by atoms with van der Waals surface area (Å²) in [5, 5.41) is 18.6. The lowest BCUT2D eigenvalue weighted by Crippen LogP contribution is -2.30. The molecule has 0 aliphatic heterocycles. The number of carbonyl (C=O) groups is 1. The number of rotatable bonds is 4. The smallest absolute Gasteiger partial charge is 0.169 e. The molecule has 1 aromatic carbocycles. The third-order valence-corrected chi connectivity index (χ3v) is 2.11. The molecule has 1 rings (SSSR count). The number of ketones is 1. The first-order valence-electron chi connectivity index (χ1n) is 4.58. The SMILES string of the molecule is CCC(O)(O)CC(=O)c1ccccc1. The third kappa shape index (κ3) is 2.94. The highest BCUT2D eigenvalue weighted by Crippen LogP contribution is 2.14. The van der Waals surface area contributed by atoms with Crippen LogP contribution >= 0.6 is 0 Å². The van der Waals surface area contributed by atoms with Crippen molar-refractivity contribution in [1.29, 1.82) is 0 Å². The van der Waals surface area contributed by atoms with Gasteiger partial charge >= 0.3 is 0 Å². The fourth-order valence-corrected chi connectivity index (χ4v) is 1.11. The first-order chi connectivity index (χ1) is 6.55. The quantitative estimate of drug-likeness (QED) is 0.562. The minimum Gasteiger partial charge on any atom is -0.365 e. The molecule has 0 saturated heterocycles. The molecule has 0 fully saturated rings. The maximum absolute atomic E-state index is 11.5. The highest BCUT2D eigenvalue weighted by molar-refractivity contribution is 5.96. The number of aliphatic hydroxyl groups is 2. The second kappa shape index (κ2) is 4.35. The van der Waals surface area contributed by atoms with E-state index in [0.717, 1.165) is 0 Å². The largest absolute Gasteiger partial charge is 0.365 e. The minimum atomic E-state index is -1.88. The molecule has 0 aromatic heterocycles. The Morgan fingerprint density at radius 2 is 1.86 bits per heavy atom. The Hall–Kier alpha value is -1.19. The zero-order chi connectivity index (χ0) is 10.6. The molecule has 0 aliphatic rings. The molecule has 0 radical (unpaired) electrons. The topological polar surface area (TPSA) is 57.5 Å². The number of benzene rings is 1. The molecule has 0 unspecified atom stereocenters. The molecule has 76 valence electrons. The molecule has 1 aromatic rings. The van der Waals surface area contributed by atoms with E-state index in [1.165, 1.54) is 0 Å². The zero-order valence-electron chi connectivity index (χ0n) is 8.10. The van der Waals surface area contributed by atoms with Gasteiger partial charge in [-0.2, -0.15) is 0 Å². The van der Waals surface area contributed by atoms with Gasteiger partial charge in [-0.3, -0.25) is 4.79 Å². The molecule has 0 saturated carbocycles. The van der Waals surface area contributed by atoms with Crippen LogP contribution in [-0.2, 0) is 0 Å². The van der Waals surface area contributed by atoms with E-state index in [-0.39, 0.29) is 18.6 Å². The Morgan fingerprint density at radius 1 is 1.29 bits per heavy atom. The van der Waals surface area contributed by atoms with E-state index in [4.69, 9.17) is 0 Å². The van der Waals surface area contributed by atoms with Gasteiger partial charge in [0.1, 0.15) is 0 Å². The van der Waals surface area contributed by atoms with Crippen molar-refractivity contribution in [3.8, 4) is 0 Å². The predicted octanol–water partition coefficient (Wildman–Crippen LogP) is 1.35. The summed E-state index contributed by atoms with van der Waals surface area (Å²) in [6, 6.07) is 8.62. The van der Waals surface area contributed by atoms with Crippen LogP contribution in [0, 0.1) is 0 Å². The van der Waals surface area contributed by atoms with Crippen LogP contribution < -0.4 is 0 Å². The minimum absolute atomic E-state index is 0.144. The van der Waals surface area contributed by atoms with Crippen LogP contribution in [0.1, 0.15) is 30.1 Å². The Bertz CT molecular complexity index is 304. The summed E-state index contributed by atoms with van der Waals surface area (Å²) in [6.07, 6.45) is -0.112. The van der Waals surface area contributed by atoms with Crippen molar-refractivity contribution < 1.29 is 15.0 Å². The molecule has 0 heterocycles. The van der Waals surface area contributed by atoms with Gasteiger partial charge in [-0.15, -0.1) is 0 Å². The first-order valence-corrected chi connectivity index (χ1v) is 4.58. The van der Waals surface area contributed by atoms with Gasteiger partial charge in [-0.05, 0) is 6.42 Å². The van der Waals surface area contributed by atoms with Gasteiger partial charge in [-0.1, -0.05) is 37.3 Å². The maximum atomic E-state index is 11.5. The van der Waals surface area contributed by atoms with E-state index in [1.807, 2.05) is 6.07 Å². The lowest BCUT2D eigenvalue weighted by atomic mass is 10.0. The first kappa shape index (κ1) is 10.9. The van der Waals surface area contributed by atoms with Crippen molar-refractivity contribution >= 4 is 5.78 Å². The number of hydrogen-bond donors (Lipinski definition) is 2. The van der Waals surface area contributed by atoms with Crippen LogP contribution in [0.5, 0.6) is 0 Å². The third-order valence-electron chi connectivity index (χ3n) is 2.11. The molecule has 0 atom stereocenters. The van der Waals surface area contributed by atoms with Gasteiger partial charge in [0.25, 0.3) is 0 Å². The van der Waals surface area contributed by atoms with Crippen molar-refractivity contribution in [2.75, 3.05) is 0 Å². The van der Waals surface area contributed by atoms with Gasteiger partial charge in [0, 0.05) is 5.56 Å². The maximum Gasteiger partial charge on any atom is 0.169 e. The summed E-state index contributed by atoms with van der Waals surface area (Å²) < 4.78 is 0. The number of hydrogen-bond acceptors (Lipinski definition) is 3. The van der Waals surface area contributed by atoms with E-state index < -0.39 is 5.79 Å². The molecule has 14 heavy (non-hydrogen) atoms. The molecular weight excluding hydrogens is 180 g/mol. The van der Waals surface area contributed by atoms with E-state index in [0.29, 0.717) is 5.56 Å². The second-order valence-electron chi connectivity index (χ2n) is 3.30. The summed E-state index contributed by atoms with van der Waals surface area (Å²) >= 11 is 0.